The van der Waals surface area contributed by atoms with Gasteiger partial charge in [-0.2, -0.15) is 0 Å². The molecule has 0 aromatic rings. The Hall–Kier alpha value is -0.0400. The molecule has 1 nitrogen and oxygen atoms in total. The summed E-state index contributed by atoms with van der Waals surface area (Å²) in [7, 11) is 0. The molecule has 62 valence electrons. The van der Waals surface area contributed by atoms with Crippen LogP contribution in [0.1, 0.15) is 44.9 Å². The summed E-state index contributed by atoms with van der Waals surface area (Å²) in [5.74, 6) is 1.13. The van der Waals surface area contributed by atoms with E-state index in [0.29, 0.717) is 5.54 Å². The van der Waals surface area contributed by atoms with Crippen molar-refractivity contribution in [3.8, 4) is 0 Å². The van der Waals surface area contributed by atoms with E-state index in [4.69, 9.17) is 0 Å². The van der Waals surface area contributed by atoms with Crippen LogP contribution < -0.4 is 5.32 Å². The molecule has 2 bridgehead atoms. The fourth-order valence-electron chi connectivity index (χ4n) is 3.16. The van der Waals surface area contributed by atoms with Crippen LogP contribution in [0.4, 0.5) is 0 Å². The van der Waals surface area contributed by atoms with Crippen LogP contribution in [0.25, 0.3) is 0 Å². The van der Waals surface area contributed by atoms with E-state index in [-0.39, 0.29) is 0 Å². The normalized spacial score (nSPS) is 48.5. The van der Waals surface area contributed by atoms with Gasteiger partial charge in [0, 0.05) is 11.6 Å². The number of hydrogen-bond donors (Lipinski definition) is 1. The topological polar surface area (TPSA) is 12.0 Å². The lowest BCUT2D eigenvalue weighted by Crippen LogP contribution is -2.68. The van der Waals surface area contributed by atoms with Gasteiger partial charge in [-0.1, -0.05) is 12.8 Å². The molecule has 4 aliphatic rings. The van der Waals surface area contributed by atoms with E-state index in [1.807, 2.05) is 0 Å². The highest BCUT2D eigenvalue weighted by molar-refractivity contribution is 5.14. The zero-order valence-corrected chi connectivity index (χ0v) is 7.10. The average molecular weight is 151 g/mol. The van der Waals surface area contributed by atoms with E-state index in [0.717, 1.165) is 12.0 Å². The first kappa shape index (κ1) is 6.47. The summed E-state index contributed by atoms with van der Waals surface area (Å²) in [6, 6.07) is 0.899. The van der Waals surface area contributed by atoms with Gasteiger partial charge in [-0.05, 0) is 38.0 Å². The highest BCUT2D eigenvalue weighted by Crippen LogP contribution is 2.57. The Bertz CT molecular complexity index is 153. The van der Waals surface area contributed by atoms with Crippen molar-refractivity contribution in [3.05, 3.63) is 0 Å². The van der Waals surface area contributed by atoms with E-state index in [9.17, 15) is 0 Å². The molecular formula is C10H17N. The van der Waals surface area contributed by atoms with Crippen LogP contribution in [0.15, 0.2) is 0 Å². The van der Waals surface area contributed by atoms with E-state index >= 15 is 0 Å². The van der Waals surface area contributed by atoms with Gasteiger partial charge in [0.2, 0.25) is 0 Å². The van der Waals surface area contributed by atoms with Crippen molar-refractivity contribution >= 4 is 0 Å². The lowest BCUT2D eigenvalue weighted by molar-refractivity contribution is -0.0583. The monoisotopic (exact) mass is 151 g/mol. The van der Waals surface area contributed by atoms with Crippen molar-refractivity contribution in [2.24, 2.45) is 5.92 Å². The van der Waals surface area contributed by atoms with E-state index in [2.05, 4.69) is 5.32 Å². The van der Waals surface area contributed by atoms with Crippen LogP contribution in [0.3, 0.4) is 0 Å². The van der Waals surface area contributed by atoms with Gasteiger partial charge in [0.1, 0.15) is 0 Å². The standard InChI is InChI=1S/C10H17N/c1-2-4-9(3-1)11-10-5-8(6-10)7-10/h8-9,11H,1-7H2. The maximum atomic E-state index is 3.86. The fourth-order valence-corrected chi connectivity index (χ4v) is 3.16. The molecule has 4 saturated carbocycles. The SMILES string of the molecule is C1CCC(NC23CC(C2)C3)C1. The molecular weight excluding hydrogens is 134 g/mol. The quantitative estimate of drug-likeness (QED) is 0.637. The Kier molecular flexibility index (Phi) is 1.18. The van der Waals surface area contributed by atoms with Crippen molar-refractivity contribution in [1.29, 1.82) is 0 Å². The molecule has 0 spiro atoms. The third kappa shape index (κ3) is 0.868. The highest BCUT2D eigenvalue weighted by Gasteiger charge is 2.56. The maximum absolute atomic E-state index is 3.86. The molecule has 4 fully saturated rings. The van der Waals surface area contributed by atoms with E-state index < -0.39 is 0 Å². The first-order valence-corrected chi connectivity index (χ1v) is 5.14. The molecule has 0 amide bonds. The van der Waals surface area contributed by atoms with Crippen molar-refractivity contribution < 1.29 is 0 Å². The molecule has 4 aliphatic carbocycles. The van der Waals surface area contributed by atoms with Crippen molar-refractivity contribution in [1.82, 2.24) is 5.32 Å². The van der Waals surface area contributed by atoms with Gasteiger partial charge < -0.3 is 5.32 Å². The molecule has 0 radical (unpaired) electrons. The summed E-state index contributed by atoms with van der Waals surface area (Å²) in [4.78, 5) is 0. The van der Waals surface area contributed by atoms with E-state index in [1.54, 1.807) is 0 Å². The largest absolute Gasteiger partial charge is 0.308 e. The van der Waals surface area contributed by atoms with Crippen LogP contribution >= 0.6 is 0 Å². The minimum atomic E-state index is 0.680. The summed E-state index contributed by atoms with van der Waals surface area (Å²) < 4.78 is 0. The van der Waals surface area contributed by atoms with Gasteiger partial charge in [-0.25, -0.2) is 0 Å². The van der Waals surface area contributed by atoms with Crippen LogP contribution in [-0.2, 0) is 0 Å². The van der Waals surface area contributed by atoms with Crippen molar-refractivity contribution in [3.63, 3.8) is 0 Å². The highest BCUT2D eigenvalue weighted by atomic mass is 15.1. The van der Waals surface area contributed by atoms with Crippen molar-refractivity contribution in [2.45, 2.75) is 56.5 Å². The van der Waals surface area contributed by atoms with Gasteiger partial charge in [0.15, 0.2) is 0 Å². The van der Waals surface area contributed by atoms with Crippen LogP contribution in [-0.4, -0.2) is 11.6 Å². The molecule has 0 aromatic heterocycles. The molecule has 0 aliphatic heterocycles. The molecule has 0 heterocycles. The second-order valence-electron chi connectivity index (χ2n) is 4.88. The van der Waals surface area contributed by atoms with Crippen LogP contribution in [0.5, 0.6) is 0 Å². The average Bonchev–Trinajstić information content (AvgIpc) is 2.26. The molecule has 11 heavy (non-hydrogen) atoms. The number of nitrogens with one attached hydrogen (secondary N) is 1. The minimum absolute atomic E-state index is 0.680. The number of hydrogen-bond acceptors (Lipinski definition) is 1. The predicted molar refractivity (Wildman–Crippen MR) is 45.5 cm³/mol. The zero-order valence-electron chi connectivity index (χ0n) is 7.10. The summed E-state index contributed by atoms with van der Waals surface area (Å²) in [6.07, 6.45) is 10.4. The lowest BCUT2D eigenvalue weighted by Gasteiger charge is -2.63. The first-order chi connectivity index (χ1) is 5.36. The van der Waals surface area contributed by atoms with Gasteiger partial charge in [0.05, 0.1) is 0 Å². The Morgan fingerprint density at radius 3 is 2.09 bits per heavy atom. The summed E-state index contributed by atoms with van der Waals surface area (Å²) >= 11 is 0. The summed E-state index contributed by atoms with van der Waals surface area (Å²) in [5.41, 5.74) is 0.680. The second kappa shape index (κ2) is 2.01. The smallest absolute Gasteiger partial charge is 0.0192 e. The zero-order chi connectivity index (χ0) is 7.31. The third-order valence-corrected chi connectivity index (χ3v) is 3.90. The molecule has 4 rings (SSSR count). The van der Waals surface area contributed by atoms with Gasteiger partial charge >= 0.3 is 0 Å². The van der Waals surface area contributed by atoms with E-state index in [1.165, 1.54) is 44.9 Å². The van der Waals surface area contributed by atoms with Crippen LogP contribution in [0.2, 0.25) is 0 Å². The molecule has 0 unspecified atom stereocenters. The molecule has 1 N–H and O–H groups in total. The predicted octanol–water partition coefficient (Wildman–Crippen LogP) is 2.07. The van der Waals surface area contributed by atoms with Gasteiger partial charge in [0.25, 0.3) is 0 Å². The molecule has 0 aromatic carbocycles. The van der Waals surface area contributed by atoms with Gasteiger partial charge in [-0.3, -0.25) is 0 Å². The number of rotatable bonds is 2. The Morgan fingerprint density at radius 2 is 1.64 bits per heavy atom. The fraction of sp³-hybridized carbons (Fsp3) is 1.00. The summed E-state index contributed by atoms with van der Waals surface area (Å²) in [5, 5.41) is 3.86. The Morgan fingerprint density at radius 1 is 1.00 bits per heavy atom. The third-order valence-electron chi connectivity index (χ3n) is 3.90. The molecule has 1 heteroatoms. The second-order valence-corrected chi connectivity index (χ2v) is 4.88. The minimum Gasteiger partial charge on any atom is -0.308 e. The lowest BCUT2D eigenvalue weighted by atomic mass is 9.49. The summed E-state index contributed by atoms with van der Waals surface area (Å²) in [6.45, 7) is 0. The van der Waals surface area contributed by atoms with Gasteiger partial charge in [-0.15, -0.1) is 0 Å². The molecule has 0 atom stereocenters. The first-order valence-electron chi connectivity index (χ1n) is 5.14. The van der Waals surface area contributed by atoms with Crippen LogP contribution in [0, 0.1) is 5.92 Å². The van der Waals surface area contributed by atoms with Crippen molar-refractivity contribution in [2.75, 3.05) is 0 Å². The Labute approximate surface area is 68.6 Å². The maximum Gasteiger partial charge on any atom is 0.0192 e. The Balaban J connectivity index is 1.57. The molecule has 0 saturated heterocycles.